The fraction of sp³-hybridized carbons (Fsp3) is 0.270. The molecule has 76 heavy (non-hydrogen) atoms. The predicted molar refractivity (Wildman–Crippen MR) is 322 cm³/mol. The average molecular weight is 991 g/mol. The van der Waals surface area contributed by atoms with Crippen LogP contribution in [0, 0.1) is 71.0 Å². The minimum Gasteiger partial charge on any atom is -0.494 e. The maximum atomic E-state index is 6.13. The van der Waals surface area contributed by atoms with Gasteiger partial charge < -0.3 is 9.47 Å². The SMILES string of the molecule is CC(C)CCCC(C)CCOc1ccc(C#Cc2c3ccccc3c(C#Cc3ccc(C#Cc4c5ccccc5c(C#Cc5ccc(OCCC(C)CCCC(C)C)cc5)c5ccccc45)cc3)c3ccccc23)cc1. The minimum absolute atomic E-state index is 0.668. The van der Waals surface area contributed by atoms with Crippen molar-refractivity contribution in [1.82, 2.24) is 0 Å². The van der Waals surface area contributed by atoms with Crippen molar-refractivity contribution in [1.29, 1.82) is 0 Å². The normalized spacial score (nSPS) is 11.8. The first-order valence-corrected chi connectivity index (χ1v) is 27.7. The van der Waals surface area contributed by atoms with Crippen LogP contribution in [0.1, 0.15) is 137 Å². The van der Waals surface area contributed by atoms with Crippen molar-refractivity contribution in [2.24, 2.45) is 23.7 Å². The van der Waals surface area contributed by atoms with Gasteiger partial charge in [0.2, 0.25) is 0 Å². The lowest BCUT2D eigenvalue weighted by molar-refractivity contribution is 0.275. The molecule has 0 aliphatic rings. The number of rotatable bonds is 16. The van der Waals surface area contributed by atoms with Crippen LogP contribution >= 0.6 is 0 Å². The van der Waals surface area contributed by atoms with Crippen molar-refractivity contribution in [3.8, 4) is 58.9 Å². The number of ether oxygens (including phenoxy) is 2. The van der Waals surface area contributed by atoms with E-state index in [1.54, 1.807) is 0 Å². The van der Waals surface area contributed by atoms with E-state index < -0.39 is 0 Å². The molecule has 0 saturated heterocycles. The van der Waals surface area contributed by atoms with E-state index in [1.165, 1.54) is 38.5 Å². The highest BCUT2D eigenvalue weighted by molar-refractivity contribution is 6.11. The molecule has 0 radical (unpaired) electrons. The van der Waals surface area contributed by atoms with E-state index >= 15 is 0 Å². The molecular weight excluding hydrogens is 921 g/mol. The molecule has 0 fully saturated rings. The predicted octanol–water partition coefficient (Wildman–Crippen LogP) is 18.4. The summed E-state index contributed by atoms with van der Waals surface area (Å²) in [5.74, 6) is 32.9. The van der Waals surface area contributed by atoms with Gasteiger partial charge in [-0.05, 0) is 152 Å². The van der Waals surface area contributed by atoms with Gasteiger partial charge in [0.15, 0.2) is 0 Å². The molecule has 0 aromatic heterocycles. The maximum Gasteiger partial charge on any atom is 0.119 e. The summed E-state index contributed by atoms with van der Waals surface area (Å²) in [6.07, 6.45) is 9.83. The second-order valence-electron chi connectivity index (χ2n) is 21.4. The molecule has 2 heteroatoms. The van der Waals surface area contributed by atoms with Gasteiger partial charge in [-0.15, -0.1) is 0 Å². The Morgan fingerprint density at radius 3 is 0.750 bits per heavy atom. The molecule has 0 aliphatic carbocycles. The first-order valence-electron chi connectivity index (χ1n) is 27.7. The van der Waals surface area contributed by atoms with E-state index in [1.807, 2.05) is 24.3 Å². The lowest BCUT2D eigenvalue weighted by atomic mass is 9.91. The van der Waals surface area contributed by atoms with Crippen LogP contribution in [0.25, 0.3) is 43.1 Å². The lowest BCUT2D eigenvalue weighted by Crippen LogP contribution is -2.04. The Bertz CT molecular complexity index is 3330. The molecule has 9 rings (SSSR count). The molecule has 0 amide bonds. The Kier molecular flexibility index (Phi) is 17.9. The topological polar surface area (TPSA) is 18.5 Å². The third-order valence-corrected chi connectivity index (χ3v) is 14.5. The van der Waals surface area contributed by atoms with E-state index in [9.17, 15) is 0 Å². The number of hydrogen-bond donors (Lipinski definition) is 0. The summed E-state index contributed by atoms with van der Waals surface area (Å²) >= 11 is 0. The number of benzene rings is 9. The second kappa shape index (κ2) is 25.9. The van der Waals surface area contributed by atoms with Gasteiger partial charge in [0, 0.05) is 44.5 Å². The zero-order valence-electron chi connectivity index (χ0n) is 45.4. The summed E-state index contributed by atoms with van der Waals surface area (Å²) < 4.78 is 12.3. The molecule has 0 saturated carbocycles. The quantitative estimate of drug-likeness (QED) is 0.0709. The smallest absolute Gasteiger partial charge is 0.119 e. The van der Waals surface area contributed by atoms with E-state index in [0.29, 0.717) is 11.8 Å². The first-order chi connectivity index (χ1) is 37.2. The molecule has 0 spiro atoms. The lowest BCUT2D eigenvalue weighted by Gasteiger charge is -2.13. The molecule has 0 bridgehead atoms. The summed E-state index contributed by atoms with van der Waals surface area (Å²) in [5.41, 5.74) is 7.74. The summed E-state index contributed by atoms with van der Waals surface area (Å²) in [4.78, 5) is 0. The van der Waals surface area contributed by atoms with Gasteiger partial charge in [-0.25, -0.2) is 0 Å². The Morgan fingerprint density at radius 2 is 0.513 bits per heavy atom. The van der Waals surface area contributed by atoms with Gasteiger partial charge in [0.25, 0.3) is 0 Å². The van der Waals surface area contributed by atoms with E-state index in [2.05, 4.69) is 234 Å². The molecule has 2 atom stereocenters. The highest BCUT2D eigenvalue weighted by Crippen LogP contribution is 2.34. The summed E-state index contributed by atoms with van der Waals surface area (Å²) in [6.45, 7) is 15.3. The number of fused-ring (bicyclic) bond motifs is 4. The van der Waals surface area contributed by atoms with Crippen LogP contribution in [0.4, 0.5) is 0 Å². The van der Waals surface area contributed by atoms with Gasteiger partial charge in [-0.2, -0.15) is 0 Å². The molecule has 0 heterocycles. The molecule has 9 aromatic rings. The Morgan fingerprint density at radius 1 is 0.276 bits per heavy atom. The fourth-order valence-electron chi connectivity index (χ4n) is 10.0. The molecule has 2 unspecified atom stereocenters. The monoisotopic (exact) mass is 991 g/mol. The van der Waals surface area contributed by atoms with Gasteiger partial charge >= 0.3 is 0 Å². The Labute approximate surface area is 453 Å². The molecule has 0 N–H and O–H groups in total. The van der Waals surface area contributed by atoms with Crippen LogP contribution in [0.15, 0.2) is 170 Å². The van der Waals surface area contributed by atoms with Crippen LogP contribution in [0.3, 0.4) is 0 Å². The summed E-state index contributed by atoms with van der Waals surface area (Å²) in [5, 5.41) is 8.69. The van der Waals surface area contributed by atoms with Crippen molar-refractivity contribution >= 4 is 43.1 Å². The zero-order chi connectivity index (χ0) is 52.6. The second-order valence-corrected chi connectivity index (χ2v) is 21.4. The molecule has 2 nitrogen and oxygen atoms in total. The van der Waals surface area contributed by atoms with Gasteiger partial charge in [-0.1, -0.05) is 224 Å². The van der Waals surface area contributed by atoms with Crippen LogP contribution in [0.5, 0.6) is 11.5 Å². The van der Waals surface area contributed by atoms with Crippen molar-refractivity contribution < 1.29 is 9.47 Å². The van der Waals surface area contributed by atoms with Crippen molar-refractivity contribution in [2.45, 2.75) is 92.9 Å². The Balaban J connectivity index is 0.909. The molecule has 0 aliphatic heterocycles. The van der Waals surface area contributed by atoms with Crippen molar-refractivity contribution in [2.75, 3.05) is 13.2 Å². The minimum atomic E-state index is 0.668. The van der Waals surface area contributed by atoms with Crippen LogP contribution in [0.2, 0.25) is 0 Å². The maximum absolute atomic E-state index is 6.13. The molecule has 378 valence electrons. The third-order valence-electron chi connectivity index (χ3n) is 14.5. The Hall–Kier alpha value is -8.14. The van der Waals surface area contributed by atoms with Crippen LogP contribution < -0.4 is 9.47 Å². The molecular formula is C74H70O2. The standard InChI is InChI=1S/C74H70O2/c1-53(2)17-15-19-55(5)49-51-75-61-41-33-59(34-42-61)39-47-73-67-25-11-7-21-63(67)71(64-22-8-12-26-68(64)73)45-37-57-29-31-58(32-30-57)38-46-72-65-23-9-13-27-69(65)74(70-28-14-10-24-66(70)72)48-40-60-35-43-62(44-36-60)76-52-50-56(6)20-16-18-54(3)4/h7-14,21-36,41-44,53-56H,15-20,49-52H2,1-6H3. The molecule has 9 aromatic carbocycles. The fourth-order valence-corrected chi connectivity index (χ4v) is 10.0. The third kappa shape index (κ3) is 13.8. The average Bonchev–Trinajstić information content (AvgIpc) is 3.43. The van der Waals surface area contributed by atoms with Gasteiger partial charge in [-0.3, -0.25) is 0 Å². The highest BCUT2D eigenvalue weighted by Gasteiger charge is 2.14. The van der Waals surface area contributed by atoms with Crippen LogP contribution in [-0.4, -0.2) is 13.2 Å². The summed E-state index contributed by atoms with van der Waals surface area (Å²) in [7, 11) is 0. The number of hydrogen-bond acceptors (Lipinski definition) is 2. The highest BCUT2D eigenvalue weighted by atomic mass is 16.5. The van der Waals surface area contributed by atoms with E-state index in [4.69, 9.17) is 9.47 Å². The summed E-state index contributed by atoms with van der Waals surface area (Å²) in [6, 6.07) is 58.6. The first kappa shape index (κ1) is 52.7. The van der Waals surface area contributed by atoms with E-state index in [-0.39, 0.29) is 0 Å². The van der Waals surface area contributed by atoms with E-state index in [0.717, 1.165) is 137 Å². The largest absolute Gasteiger partial charge is 0.494 e. The van der Waals surface area contributed by atoms with Gasteiger partial charge in [0.1, 0.15) is 11.5 Å². The van der Waals surface area contributed by atoms with Crippen molar-refractivity contribution in [3.05, 3.63) is 214 Å². The van der Waals surface area contributed by atoms with Gasteiger partial charge in [0.05, 0.1) is 13.2 Å². The van der Waals surface area contributed by atoms with Crippen molar-refractivity contribution in [3.63, 3.8) is 0 Å². The van der Waals surface area contributed by atoms with Crippen LogP contribution in [-0.2, 0) is 0 Å². The zero-order valence-corrected chi connectivity index (χ0v) is 45.4.